The maximum absolute atomic E-state index is 11.4. The topological polar surface area (TPSA) is 41.5 Å². The molecule has 1 heterocycles. The Morgan fingerprint density at radius 3 is 2.88 bits per heavy atom. The number of benzene rings is 1. The van der Waals surface area contributed by atoms with Gasteiger partial charge in [-0.05, 0) is 18.9 Å². The standard InChI is InChI=1S/C13H16N2O/c1-3-11-13(16)15-12(14-11)8-10-6-4-5-9(2)7-10/h4-7,11H,3,8H2,1-2H3,(H,14,15,16). The van der Waals surface area contributed by atoms with Gasteiger partial charge in [0.1, 0.15) is 11.9 Å². The maximum Gasteiger partial charge on any atom is 0.250 e. The van der Waals surface area contributed by atoms with Gasteiger partial charge in [0.2, 0.25) is 5.91 Å². The molecular formula is C13H16N2O. The summed E-state index contributed by atoms with van der Waals surface area (Å²) in [5, 5.41) is 2.83. The second-order valence-electron chi connectivity index (χ2n) is 4.15. The van der Waals surface area contributed by atoms with Gasteiger partial charge in [0.05, 0.1) is 0 Å². The Labute approximate surface area is 95.6 Å². The molecule has 1 amide bonds. The SMILES string of the molecule is CCC1N=C(Cc2cccc(C)c2)NC1=O. The number of carbonyl (C=O) groups excluding carboxylic acids is 1. The van der Waals surface area contributed by atoms with Crippen LogP contribution in [0.1, 0.15) is 24.5 Å². The lowest BCUT2D eigenvalue weighted by molar-refractivity contribution is -0.120. The largest absolute Gasteiger partial charge is 0.312 e. The van der Waals surface area contributed by atoms with Crippen molar-refractivity contribution in [1.82, 2.24) is 5.32 Å². The van der Waals surface area contributed by atoms with Crippen molar-refractivity contribution in [3.05, 3.63) is 35.4 Å². The predicted molar refractivity (Wildman–Crippen MR) is 64.5 cm³/mol. The highest BCUT2D eigenvalue weighted by atomic mass is 16.2. The minimum absolute atomic E-state index is 0.0325. The number of aliphatic imine (C=N–C) groups is 1. The fourth-order valence-corrected chi connectivity index (χ4v) is 1.89. The van der Waals surface area contributed by atoms with Crippen LogP contribution in [0.2, 0.25) is 0 Å². The van der Waals surface area contributed by atoms with Gasteiger partial charge in [0, 0.05) is 6.42 Å². The quantitative estimate of drug-likeness (QED) is 0.823. The zero-order valence-corrected chi connectivity index (χ0v) is 9.66. The van der Waals surface area contributed by atoms with Crippen LogP contribution < -0.4 is 5.32 Å². The normalized spacial score (nSPS) is 19.5. The zero-order valence-electron chi connectivity index (χ0n) is 9.66. The summed E-state index contributed by atoms with van der Waals surface area (Å²) in [7, 11) is 0. The third-order valence-electron chi connectivity index (χ3n) is 2.72. The van der Waals surface area contributed by atoms with Crippen LogP contribution in [0.25, 0.3) is 0 Å². The average molecular weight is 216 g/mol. The van der Waals surface area contributed by atoms with Crippen LogP contribution >= 0.6 is 0 Å². The number of aryl methyl sites for hydroxylation is 1. The minimum atomic E-state index is -0.181. The first kappa shape index (κ1) is 10.9. The maximum atomic E-state index is 11.4. The van der Waals surface area contributed by atoms with Crippen LogP contribution in [0.3, 0.4) is 0 Å². The second kappa shape index (κ2) is 4.47. The molecule has 84 valence electrons. The molecule has 1 aliphatic rings. The van der Waals surface area contributed by atoms with E-state index in [0.717, 1.165) is 12.3 Å². The van der Waals surface area contributed by atoms with E-state index in [0.29, 0.717) is 6.42 Å². The number of amides is 1. The highest BCUT2D eigenvalue weighted by Crippen LogP contribution is 2.10. The fourth-order valence-electron chi connectivity index (χ4n) is 1.89. The Morgan fingerprint density at radius 2 is 2.25 bits per heavy atom. The fraction of sp³-hybridized carbons (Fsp3) is 0.385. The van der Waals surface area contributed by atoms with Crippen LogP contribution in [0.4, 0.5) is 0 Å². The van der Waals surface area contributed by atoms with Crippen molar-refractivity contribution in [2.45, 2.75) is 32.7 Å². The van der Waals surface area contributed by atoms with Crippen LogP contribution in [-0.4, -0.2) is 17.8 Å². The highest BCUT2D eigenvalue weighted by molar-refractivity contribution is 6.06. The molecule has 16 heavy (non-hydrogen) atoms. The van der Waals surface area contributed by atoms with Gasteiger partial charge in [0.25, 0.3) is 0 Å². The number of rotatable bonds is 3. The molecule has 0 spiro atoms. The molecule has 3 heteroatoms. The lowest BCUT2D eigenvalue weighted by atomic mass is 10.1. The first-order valence-corrected chi connectivity index (χ1v) is 5.62. The van der Waals surface area contributed by atoms with Gasteiger partial charge in [-0.2, -0.15) is 0 Å². The first-order chi connectivity index (χ1) is 7.69. The minimum Gasteiger partial charge on any atom is -0.312 e. The van der Waals surface area contributed by atoms with Crippen molar-refractivity contribution in [1.29, 1.82) is 0 Å². The summed E-state index contributed by atoms with van der Waals surface area (Å²) >= 11 is 0. The molecule has 0 fully saturated rings. The monoisotopic (exact) mass is 216 g/mol. The van der Waals surface area contributed by atoms with E-state index in [2.05, 4.69) is 35.4 Å². The number of nitrogens with zero attached hydrogens (tertiary/aromatic N) is 1. The molecule has 3 nitrogen and oxygen atoms in total. The Bertz CT molecular complexity index is 437. The molecule has 0 aromatic heterocycles. The number of amidine groups is 1. The Morgan fingerprint density at radius 1 is 1.44 bits per heavy atom. The Balaban J connectivity index is 2.09. The average Bonchev–Trinajstić information content (AvgIpc) is 2.58. The molecule has 1 aromatic carbocycles. The van der Waals surface area contributed by atoms with Crippen molar-refractivity contribution in [2.24, 2.45) is 4.99 Å². The lowest BCUT2D eigenvalue weighted by Crippen LogP contribution is -2.29. The van der Waals surface area contributed by atoms with E-state index in [-0.39, 0.29) is 11.9 Å². The van der Waals surface area contributed by atoms with E-state index < -0.39 is 0 Å². The molecule has 0 aliphatic carbocycles. The lowest BCUT2D eigenvalue weighted by Gasteiger charge is -2.02. The smallest absolute Gasteiger partial charge is 0.250 e. The molecular weight excluding hydrogens is 200 g/mol. The zero-order chi connectivity index (χ0) is 11.5. The summed E-state index contributed by atoms with van der Waals surface area (Å²) in [5.74, 6) is 0.826. The summed E-state index contributed by atoms with van der Waals surface area (Å²) in [6, 6.07) is 8.08. The molecule has 0 saturated carbocycles. The molecule has 1 atom stereocenters. The number of nitrogens with one attached hydrogen (secondary N) is 1. The van der Waals surface area contributed by atoms with Crippen molar-refractivity contribution in [3.8, 4) is 0 Å². The van der Waals surface area contributed by atoms with E-state index in [9.17, 15) is 4.79 Å². The third-order valence-corrected chi connectivity index (χ3v) is 2.72. The van der Waals surface area contributed by atoms with Gasteiger partial charge in [0.15, 0.2) is 0 Å². The van der Waals surface area contributed by atoms with E-state index in [1.807, 2.05) is 13.0 Å². The van der Waals surface area contributed by atoms with Gasteiger partial charge in [-0.3, -0.25) is 9.79 Å². The summed E-state index contributed by atoms with van der Waals surface area (Å²) in [4.78, 5) is 15.8. The molecule has 1 unspecified atom stereocenters. The number of hydrogen-bond acceptors (Lipinski definition) is 2. The van der Waals surface area contributed by atoms with Crippen LogP contribution in [-0.2, 0) is 11.2 Å². The van der Waals surface area contributed by atoms with Gasteiger partial charge < -0.3 is 5.32 Å². The van der Waals surface area contributed by atoms with Gasteiger partial charge >= 0.3 is 0 Å². The molecule has 1 N–H and O–H groups in total. The highest BCUT2D eigenvalue weighted by Gasteiger charge is 2.23. The molecule has 0 saturated heterocycles. The Kier molecular flexibility index (Phi) is 3.04. The summed E-state index contributed by atoms with van der Waals surface area (Å²) in [6.45, 7) is 4.04. The van der Waals surface area contributed by atoms with E-state index in [4.69, 9.17) is 0 Å². The number of carbonyl (C=O) groups is 1. The van der Waals surface area contributed by atoms with Crippen molar-refractivity contribution >= 4 is 11.7 Å². The van der Waals surface area contributed by atoms with Crippen LogP contribution in [0.15, 0.2) is 29.3 Å². The summed E-state index contributed by atoms with van der Waals surface area (Å²) in [6.07, 6.45) is 1.48. The van der Waals surface area contributed by atoms with Gasteiger partial charge in [-0.25, -0.2) is 0 Å². The van der Waals surface area contributed by atoms with Crippen molar-refractivity contribution in [3.63, 3.8) is 0 Å². The van der Waals surface area contributed by atoms with Crippen LogP contribution in [0.5, 0.6) is 0 Å². The molecule has 1 aromatic rings. The molecule has 1 aliphatic heterocycles. The summed E-state index contributed by atoms with van der Waals surface area (Å²) < 4.78 is 0. The van der Waals surface area contributed by atoms with E-state index in [1.54, 1.807) is 0 Å². The van der Waals surface area contributed by atoms with Gasteiger partial charge in [-0.15, -0.1) is 0 Å². The third kappa shape index (κ3) is 2.30. The second-order valence-corrected chi connectivity index (χ2v) is 4.15. The van der Waals surface area contributed by atoms with Crippen LogP contribution in [0, 0.1) is 6.92 Å². The Hall–Kier alpha value is -1.64. The van der Waals surface area contributed by atoms with Gasteiger partial charge in [-0.1, -0.05) is 36.8 Å². The van der Waals surface area contributed by atoms with Crippen molar-refractivity contribution < 1.29 is 4.79 Å². The first-order valence-electron chi connectivity index (χ1n) is 5.62. The predicted octanol–water partition coefficient (Wildman–Crippen LogP) is 1.84. The molecule has 0 bridgehead atoms. The summed E-state index contributed by atoms with van der Waals surface area (Å²) in [5.41, 5.74) is 2.42. The molecule has 0 radical (unpaired) electrons. The van der Waals surface area contributed by atoms with Crippen molar-refractivity contribution in [2.75, 3.05) is 0 Å². The molecule has 2 rings (SSSR count). The number of hydrogen-bond donors (Lipinski definition) is 1. The van der Waals surface area contributed by atoms with E-state index in [1.165, 1.54) is 11.1 Å². The van der Waals surface area contributed by atoms with E-state index >= 15 is 0 Å².